The van der Waals surface area contributed by atoms with E-state index in [9.17, 15) is 9.18 Å². The summed E-state index contributed by atoms with van der Waals surface area (Å²) in [5.41, 5.74) is 1.73. The summed E-state index contributed by atoms with van der Waals surface area (Å²) in [4.78, 5) is 25.9. The third-order valence-corrected chi connectivity index (χ3v) is 6.96. The van der Waals surface area contributed by atoms with Gasteiger partial charge in [0.2, 0.25) is 5.91 Å². The number of halogens is 1. The second-order valence-corrected chi connectivity index (χ2v) is 9.73. The van der Waals surface area contributed by atoms with Crippen LogP contribution >= 0.6 is 11.3 Å². The number of thiazole rings is 1. The average Bonchev–Trinajstić information content (AvgIpc) is 3.34. The van der Waals surface area contributed by atoms with Gasteiger partial charge in [-0.25, -0.2) is 14.4 Å². The van der Waals surface area contributed by atoms with Crippen LogP contribution in [0.15, 0.2) is 42.5 Å². The topological polar surface area (TPSA) is 58.1 Å². The number of likely N-dealkylation sites (tertiary alicyclic amines) is 1. The normalized spacial score (nSPS) is 16.5. The molecule has 4 rings (SSSR count). The van der Waals surface area contributed by atoms with Crippen molar-refractivity contribution in [3.8, 4) is 0 Å². The Labute approximate surface area is 186 Å². The summed E-state index contributed by atoms with van der Waals surface area (Å²) < 4.78 is 13.8. The first kappa shape index (κ1) is 21.4. The van der Waals surface area contributed by atoms with E-state index in [2.05, 4.69) is 10.3 Å². The van der Waals surface area contributed by atoms with Gasteiger partial charge < -0.3 is 10.2 Å². The number of carbonyl (C=O) groups is 1. The summed E-state index contributed by atoms with van der Waals surface area (Å²) in [6, 6.07) is 12.0. The van der Waals surface area contributed by atoms with Crippen LogP contribution < -0.4 is 5.32 Å². The Morgan fingerprint density at radius 3 is 2.68 bits per heavy atom. The standard InChI is InChI=1S/C24H27FN4OS/c1-15-16(2)31-23(26-15)28-21-12-6-10-19(27-21)20-11-7-13-29(20)22(30)24(3,4)17-8-5-9-18(25)14-17/h5-6,8-10,12,14,20H,7,11,13H2,1-4H3,(H,26,27,28)/t20-/m0/s1. The third-order valence-electron chi connectivity index (χ3n) is 5.97. The van der Waals surface area contributed by atoms with Gasteiger partial charge in [0.25, 0.3) is 0 Å². The Balaban J connectivity index is 1.57. The van der Waals surface area contributed by atoms with Gasteiger partial charge in [0.15, 0.2) is 5.13 Å². The summed E-state index contributed by atoms with van der Waals surface area (Å²) in [5, 5.41) is 4.10. The Morgan fingerprint density at radius 2 is 1.97 bits per heavy atom. The second-order valence-electron chi connectivity index (χ2n) is 8.53. The van der Waals surface area contributed by atoms with Gasteiger partial charge in [-0.2, -0.15) is 0 Å². The first-order valence-corrected chi connectivity index (χ1v) is 11.3. The van der Waals surface area contributed by atoms with Crippen LogP contribution in [0.5, 0.6) is 0 Å². The first-order valence-electron chi connectivity index (χ1n) is 10.5. The number of amides is 1. The van der Waals surface area contributed by atoms with E-state index in [0.717, 1.165) is 35.2 Å². The molecule has 1 N–H and O–H groups in total. The van der Waals surface area contributed by atoms with Gasteiger partial charge in [-0.05, 0) is 70.4 Å². The quantitative estimate of drug-likeness (QED) is 0.557. The van der Waals surface area contributed by atoms with E-state index < -0.39 is 5.41 Å². The van der Waals surface area contributed by atoms with Gasteiger partial charge in [-0.1, -0.05) is 18.2 Å². The fourth-order valence-electron chi connectivity index (χ4n) is 4.02. The molecule has 1 fully saturated rings. The Morgan fingerprint density at radius 1 is 1.19 bits per heavy atom. The van der Waals surface area contributed by atoms with Crippen LogP contribution in [0.4, 0.5) is 15.3 Å². The van der Waals surface area contributed by atoms with Crippen molar-refractivity contribution in [2.24, 2.45) is 0 Å². The zero-order chi connectivity index (χ0) is 22.2. The molecule has 1 aliphatic heterocycles. The van der Waals surface area contributed by atoms with E-state index in [0.29, 0.717) is 12.1 Å². The van der Waals surface area contributed by atoms with Crippen molar-refractivity contribution >= 4 is 28.2 Å². The molecule has 7 heteroatoms. The van der Waals surface area contributed by atoms with E-state index in [1.54, 1.807) is 17.4 Å². The lowest BCUT2D eigenvalue weighted by Crippen LogP contribution is -2.43. The summed E-state index contributed by atoms with van der Waals surface area (Å²) in [5.74, 6) is 0.381. The highest BCUT2D eigenvalue weighted by Gasteiger charge is 2.40. The maximum atomic E-state index is 13.8. The highest BCUT2D eigenvalue weighted by atomic mass is 32.1. The molecule has 0 spiro atoms. The summed E-state index contributed by atoms with van der Waals surface area (Å²) in [7, 11) is 0. The van der Waals surface area contributed by atoms with Crippen LogP contribution in [0.1, 0.15) is 54.6 Å². The predicted molar refractivity (Wildman–Crippen MR) is 122 cm³/mol. The number of rotatable bonds is 5. The summed E-state index contributed by atoms with van der Waals surface area (Å²) >= 11 is 1.60. The lowest BCUT2D eigenvalue weighted by atomic mass is 9.83. The molecule has 1 amide bonds. The Hall–Kier alpha value is -2.80. The second kappa shape index (κ2) is 8.38. The van der Waals surface area contributed by atoms with E-state index in [1.165, 1.54) is 17.0 Å². The van der Waals surface area contributed by atoms with Crippen LogP contribution in [-0.4, -0.2) is 27.3 Å². The van der Waals surface area contributed by atoms with Gasteiger partial charge in [-0.15, -0.1) is 11.3 Å². The molecule has 1 saturated heterocycles. The minimum Gasteiger partial charge on any atom is -0.333 e. The molecule has 1 aliphatic rings. The molecule has 31 heavy (non-hydrogen) atoms. The maximum Gasteiger partial charge on any atom is 0.233 e. The molecule has 0 radical (unpaired) electrons. The Bertz CT molecular complexity index is 1090. The average molecular weight is 439 g/mol. The molecule has 2 aromatic heterocycles. The fourth-order valence-corrected chi connectivity index (χ4v) is 4.84. The SMILES string of the molecule is Cc1nc(Nc2cccc([C@@H]3CCCN3C(=O)C(C)(C)c3cccc(F)c3)n2)sc1C. The van der Waals surface area contributed by atoms with Crippen molar-refractivity contribution in [3.63, 3.8) is 0 Å². The number of aromatic nitrogens is 2. The van der Waals surface area contributed by atoms with Crippen LogP contribution in [0.25, 0.3) is 0 Å². The first-order chi connectivity index (χ1) is 14.8. The number of nitrogens with zero attached hydrogens (tertiary/aromatic N) is 3. The van der Waals surface area contributed by atoms with E-state index in [-0.39, 0.29) is 17.8 Å². The van der Waals surface area contributed by atoms with Crippen LogP contribution in [0.3, 0.4) is 0 Å². The van der Waals surface area contributed by atoms with Crippen molar-refractivity contribution in [3.05, 3.63) is 70.1 Å². The summed E-state index contributed by atoms with van der Waals surface area (Å²) in [6.07, 6.45) is 1.77. The molecule has 162 valence electrons. The van der Waals surface area contributed by atoms with E-state index >= 15 is 0 Å². The summed E-state index contributed by atoms with van der Waals surface area (Å²) in [6.45, 7) is 8.43. The molecule has 0 bridgehead atoms. The lowest BCUT2D eigenvalue weighted by molar-refractivity contribution is -0.137. The number of carbonyl (C=O) groups excluding carboxylic acids is 1. The monoisotopic (exact) mass is 438 g/mol. The van der Waals surface area contributed by atoms with E-state index in [4.69, 9.17) is 4.98 Å². The number of aryl methyl sites for hydroxylation is 2. The molecule has 5 nitrogen and oxygen atoms in total. The van der Waals surface area contributed by atoms with E-state index in [1.807, 2.05) is 56.9 Å². The van der Waals surface area contributed by atoms with Gasteiger partial charge in [0.1, 0.15) is 11.6 Å². The number of benzene rings is 1. The highest BCUT2D eigenvalue weighted by Crippen LogP contribution is 2.37. The minimum absolute atomic E-state index is 0.00747. The molecule has 1 aromatic carbocycles. The minimum atomic E-state index is -0.823. The van der Waals surface area contributed by atoms with Crippen LogP contribution in [0.2, 0.25) is 0 Å². The molecule has 0 saturated carbocycles. The van der Waals surface area contributed by atoms with Gasteiger partial charge >= 0.3 is 0 Å². The van der Waals surface area contributed by atoms with Crippen LogP contribution in [0, 0.1) is 19.7 Å². The van der Waals surface area contributed by atoms with Crippen molar-refractivity contribution in [1.29, 1.82) is 0 Å². The molecule has 3 aromatic rings. The van der Waals surface area contributed by atoms with Crippen LogP contribution in [-0.2, 0) is 10.2 Å². The molecule has 1 atom stereocenters. The molecule has 3 heterocycles. The highest BCUT2D eigenvalue weighted by molar-refractivity contribution is 7.15. The Kier molecular flexibility index (Phi) is 5.79. The van der Waals surface area contributed by atoms with Gasteiger partial charge in [-0.3, -0.25) is 4.79 Å². The molecular formula is C24H27FN4OS. The van der Waals surface area contributed by atoms with Crippen molar-refractivity contribution in [2.75, 3.05) is 11.9 Å². The zero-order valence-corrected chi connectivity index (χ0v) is 19.1. The molecule has 0 aliphatic carbocycles. The zero-order valence-electron chi connectivity index (χ0n) is 18.3. The number of hydrogen-bond acceptors (Lipinski definition) is 5. The third kappa shape index (κ3) is 4.32. The van der Waals surface area contributed by atoms with Crippen molar-refractivity contribution in [2.45, 2.75) is 52.0 Å². The smallest absolute Gasteiger partial charge is 0.233 e. The van der Waals surface area contributed by atoms with Gasteiger partial charge in [0.05, 0.1) is 22.8 Å². The van der Waals surface area contributed by atoms with Gasteiger partial charge in [0, 0.05) is 11.4 Å². The number of nitrogens with one attached hydrogen (secondary N) is 1. The lowest BCUT2D eigenvalue weighted by Gasteiger charge is -2.33. The van der Waals surface area contributed by atoms with Crippen molar-refractivity contribution in [1.82, 2.24) is 14.9 Å². The largest absolute Gasteiger partial charge is 0.333 e. The molecular weight excluding hydrogens is 411 g/mol. The predicted octanol–water partition coefficient (Wildman–Crippen LogP) is 5.68. The number of pyridine rings is 1. The fraction of sp³-hybridized carbons (Fsp3) is 0.375. The molecule has 0 unspecified atom stereocenters. The number of hydrogen-bond donors (Lipinski definition) is 1. The maximum absolute atomic E-state index is 13.8. The number of anilines is 2. The van der Waals surface area contributed by atoms with Crippen molar-refractivity contribution < 1.29 is 9.18 Å².